The van der Waals surface area contributed by atoms with Crippen molar-refractivity contribution in [1.82, 2.24) is 9.80 Å². The number of carbonyl (C=O) groups excluding carboxylic acids is 2. The van der Waals surface area contributed by atoms with Gasteiger partial charge in [-0.15, -0.1) is 0 Å². The summed E-state index contributed by atoms with van der Waals surface area (Å²) in [6.45, 7) is -0.542. The Hall–Kier alpha value is -1.38. The van der Waals surface area contributed by atoms with Crippen molar-refractivity contribution in [2.24, 2.45) is 11.7 Å². The molecule has 2 saturated heterocycles. The second kappa shape index (κ2) is 5.78. The van der Waals surface area contributed by atoms with E-state index in [0.29, 0.717) is 13.0 Å². The molecule has 2 amide bonds. The Labute approximate surface area is 125 Å². The monoisotopic (exact) mass is 323 g/mol. The molecule has 21 heavy (non-hydrogen) atoms. The van der Waals surface area contributed by atoms with Gasteiger partial charge in [0.15, 0.2) is 0 Å². The van der Waals surface area contributed by atoms with E-state index in [1.54, 1.807) is 0 Å². The molecular formula is C12H16F3N3O2S. The minimum atomic E-state index is -4.63. The number of fused-ring (bicyclic) bond motifs is 1. The van der Waals surface area contributed by atoms with E-state index in [1.807, 2.05) is 0 Å². The van der Waals surface area contributed by atoms with E-state index in [4.69, 9.17) is 5.73 Å². The van der Waals surface area contributed by atoms with Gasteiger partial charge in [-0.2, -0.15) is 13.2 Å². The third kappa shape index (κ3) is 3.28. The first kappa shape index (κ1) is 16.0. The molecule has 0 aromatic carbocycles. The predicted octanol–water partition coefficient (Wildman–Crippen LogP) is 0.674. The van der Waals surface area contributed by atoms with Crippen LogP contribution in [0.15, 0.2) is 0 Å². The van der Waals surface area contributed by atoms with Crippen LogP contribution in [0.4, 0.5) is 13.2 Å². The van der Waals surface area contributed by atoms with Crippen LogP contribution in [0, 0.1) is 5.92 Å². The summed E-state index contributed by atoms with van der Waals surface area (Å²) in [6.07, 6.45) is -2.54. The van der Waals surface area contributed by atoms with Gasteiger partial charge in [0, 0.05) is 13.1 Å². The summed E-state index contributed by atoms with van der Waals surface area (Å²) < 4.78 is 38.6. The number of hydrogen-bond acceptors (Lipinski definition) is 3. The molecule has 0 bridgehead atoms. The maximum Gasteiger partial charge on any atom is 0.399 e. The molecule has 0 spiro atoms. The summed E-state index contributed by atoms with van der Waals surface area (Å²) in [5, 5.41) is 0. The van der Waals surface area contributed by atoms with Crippen LogP contribution in [0.1, 0.15) is 19.3 Å². The maximum atomic E-state index is 12.9. The summed E-state index contributed by atoms with van der Waals surface area (Å²) in [5.74, 6) is -2.85. The number of alkyl halides is 3. The minimum absolute atomic E-state index is 0.317. The Balaban J connectivity index is 2.14. The molecule has 5 nitrogen and oxygen atoms in total. The van der Waals surface area contributed by atoms with Crippen molar-refractivity contribution in [1.29, 1.82) is 0 Å². The Morgan fingerprint density at radius 2 is 2.05 bits per heavy atom. The molecular weight excluding hydrogens is 307 g/mol. The number of thiocarbonyl (C=S) groups is 1. The molecule has 0 aromatic rings. The Kier molecular flexibility index (Phi) is 4.40. The van der Waals surface area contributed by atoms with Gasteiger partial charge in [0.2, 0.25) is 11.8 Å². The third-order valence-corrected chi connectivity index (χ3v) is 4.17. The number of carbonyl (C=O) groups is 2. The second-order valence-corrected chi connectivity index (χ2v) is 5.79. The Morgan fingerprint density at radius 3 is 2.62 bits per heavy atom. The van der Waals surface area contributed by atoms with Gasteiger partial charge in [-0.25, -0.2) is 0 Å². The average molecular weight is 323 g/mol. The molecule has 2 rings (SSSR count). The number of nitrogens with zero attached hydrogens (tertiary/aromatic N) is 2. The number of nitrogens with two attached hydrogens (primary N) is 1. The Morgan fingerprint density at radius 1 is 1.38 bits per heavy atom. The van der Waals surface area contributed by atoms with Crippen LogP contribution in [0.5, 0.6) is 0 Å². The molecule has 2 atom stereocenters. The topological polar surface area (TPSA) is 66.6 Å². The van der Waals surface area contributed by atoms with E-state index < -0.39 is 35.6 Å². The molecule has 2 aliphatic heterocycles. The van der Waals surface area contributed by atoms with Crippen LogP contribution >= 0.6 is 12.2 Å². The van der Waals surface area contributed by atoms with Crippen molar-refractivity contribution in [3.8, 4) is 0 Å². The van der Waals surface area contributed by atoms with E-state index in [-0.39, 0.29) is 12.5 Å². The molecule has 2 fully saturated rings. The summed E-state index contributed by atoms with van der Waals surface area (Å²) in [6, 6.07) is -0.639. The van der Waals surface area contributed by atoms with Crippen LogP contribution in [0.25, 0.3) is 0 Å². The van der Waals surface area contributed by atoms with Crippen LogP contribution in [0.2, 0.25) is 0 Å². The summed E-state index contributed by atoms with van der Waals surface area (Å²) in [5.41, 5.74) is 5.13. The fourth-order valence-electron chi connectivity index (χ4n) is 2.76. The molecule has 2 heterocycles. The number of hydrogen-bond donors (Lipinski definition) is 1. The van der Waals surface area contributed by atoms with Crippen molar-refractivity contribution in [2.75, 3.05) is 19.6 Å². The van der Waals surface area contributed by atoms with Crippen molar-refractivity contribution in [2.45, 2.75) is 31.5 Å². The van der Waals surface area contributed by atoms with Gasteiger partial charge in [-0.1, -0.05) is 12.2 Å². The van der Waals surface area contributed by atoms with E-state index in [0.717, 1.165) is 17.7 Å². The lowest BCUT2D eigenvalue weighted by atomic mass is 9.97. The first-order chi connectivity index (χ1) is 9.71. The van der Waals surface area contributed by atoms with Crippen LogP contribution in [0.3, 0.4) is 0 Å². The van der Waals surface area contributed by atoms with E-state index in [1.165, 1.54) is 4.90 Å². The normalized spacial score (nSPS) is 24.8. The van der Waals surface area contributed by atoms with E-state index in [2.05, 4.69) is 12.2 Å². The number of rotatable bonds is 3. The van der Waals surface area contributed by atoms with Gasteiger partial charge in [-0.05, 0) is 19.3 Å². The molecule has 9 heteroatoms. The first-order valence-electron chi connectivity index (χ1n) is 6.66. The lowest BCUT2D eigenvalue weighted by Crippen LogP contribution is -2.62. The molecule has 0 aromatic heterocycles. The highest BCUT2D eigenvalue weighted by Crippen LogP contribution is 2.29. The van der Waals surface area contributed by atoms with Gasteiger partial charge in [0.05, 0.1) is 11.5 Å². The van der Waals surface area contributed by atoms with Crippen molar-refractivity contribution >= 4 is 29.0 Å². The molecule has 2 aliphatic rings. The first-order valence-corrected chi connectivity index (χ1v) is 7.07. The highest BCUT2D eigenvalue weighted by atomic mass is 32.1. The van der Waals surface area contributed by atoms with Gasteiger partial charge in [0.1, 0.15) is 12.0 Å². The standard InChI is InChI=1S/C12H16F3N3O2S/c13-12(14,15)7(10(16)21)5-17-6-9(19)18-4-2-1-3-8(18)11(17)20/h7-8H,1-6H2,(H2,16,21). The summed E-state index contributed by atoms with van der Waals surface area (Å²) in [7, 11) is 0. The SMILES string of the molecule is NC(=S)C(CN1CC(=O)N2CCCCC2C1=O)C(F)(F)F. The lowest BCUT2D eigenvalue weighted by Gasteiger charge is -2.43. The van der Waals surface area contributed by atoms with Crippen LogP contribution in [-0.4, -0.2) is 58.5 Å². The van der Waals surface area contributed by atoms with E-state index in [9.17, 15) is 22.8 Å². The highest BCUT2D eigenvalue weighted by Gasteiger charge is 2.47. The zero-order valence-electron chi connectivity index (χ0n) is 11.2. The number of piperidine rings is 1. The minimum Gasteiger partial charge on any atom is -0.393 e. The molecule has 0 aliphatic carbocycles. The van der Waals surface area contributed by atoms with Gasteiger partial charge < -0.3 is 15.5 Å². The van der Waals surface area contributed by atoms with Crippen molar-refractivity contribution in [3.05, 3.63) is 0 Å². The molecule has 0 radical (unpaired) electrons. The van der Waals surface area contributed by atoms with Crippen molar-refractivity contribution in [3.63, 3.8) is 0 Å². The predicted molar refractivity (Wildman–Crippen MR) is 72.3 cm³/mol. The highest BCUT2D eigenvalue weighted by molar-refractivity contribution is 7.80. The van der Waals surface area contributed by atoms with Gasteiger partial charge >= 0.3 is 6.18 Å². The number of halogens is 3. The van der Waals surface area contributed by atoms with Gasteiger partial charge in [0.25, 0.3) is 0 Å². The number of amides is 2. The van der Waals surface area contributed by atoms with Crippen LogP contribution < -0.4 is 5.73 Å². The second-order valence-electron chi connectivity index (χ2n) is 5.31. The summed E-state index contributed by atoms with van der Waals surface area (Å²) in [4.78, 5) is 25.9. The van der Waals surface area contributed by atoms with E-state index >= 15 is 0 Å². The maximum absolute atomic E-state index is 12.9. The molecule has 0 saturated carbocycles. The zero-order valence-corrected chi connectivity index (χ0v) is 12.0. The molecule has 2 N–H and O–H groups in total. The third-order valence-electron chi connectivity index (χ3n) is 3.89. The smallest absolute Gasteiger partial charge is 0.393 e. The van der Waals surface area contributed by atoms with Gasteiger partial charge in [-0.3, -0.25) is 9.59 Å². The fourth-order valence-corrected chi connectivity index (χ4v) is 2.97. The molecule has 2 unspecified atom stereocenters. The lowest BCUT2D eigenvalue weighted by molar-refractivity contribution is -0.171. The number of piperazine rings is 1. The zero-order chi connectivity index (χ0) is 15.8. The molecule has 118 valence electrons. The quantitative estimate of drug-likeness (QED) is 0.776. The Bertz CT molecular complexity index is 469. The van der Waals surface area contributed by atoms with Crippen molar-refractivity contribution < 1.29 is 22.8 Å². The summed E-state index contributed by atoms with van der Waals surface area (Å²) >= 11 is 4.44. The fraction of sp³-hybridized carbons (Fsp3) is 0.750. The largest absolute Gasteiger partial charge is 0.399 e. The van der Waals surface area contributed by atoms with Crippen LogP contribution in [-0.2, 0) is 9.59 Å². The average Bonchev–Trinajstić information content (AvgIpc) is 2.39.